The van der Waals surface area contributed by atoms with Crippen LogP contribution in [0.2, 0.25) is 0 Å². The van der Waals surface area contributed by atoms with E-state index in [1.807, 2.05) is 18.2 Å². The molecule has 1 amide bonds. The van der Waals surface area contributed by atoms with Crippen molar-refractivity contribution in [1.29, 1.82) is 0 Å². The lowest BCUT2D eigenvalue weighted by molar-refractivity contribution is -0.118. The number of pyridine rings is 1. The first-order valence-corrected chi connectivity index (χ1v) is 12.3. The van der Waals surface area contributed by atoms with E-state index in [0.29, 0.717) is 18.1 Å². The van der Waals surface area contributed by atoms with E-state index in [2.05, 4.69) is 31.0 Å². The molecule has 0 unspecified atom stereocenters. The number of hydrogen-bond donors (Lipinski definition) is 0. The molecule has 164 valence electrons. The molecule has 0 aliphatic heterocycles. The number of carbonyl (C=O) groups excluding carboxylic acids is 1. The SMILES string of the molecule is Cc1cc2nc(N(Cc3ccccn3)C(=O)CCCSc3ccc(F)cc3)sc2cc1C. The Morgan fingerprint density at radius 3 is 2.62 bits per heavy atom. The van der Waals surface area contributed by atoms with Crippen molar-refractivity contribution >= 4 is 44.4 Å². The van der Waals surface area contributed by atoms with Gasteiger partial charge in [0.05, 0.1) is 22.5 Å². The molecule has 0 N–H and O–H groups in total. The van der Waals surface area contributed by atoms with E-state index in [4.69, 9.17) is 4.98 Å². The third-order valence-electron chi connectivity index (χ3n) is 5.19. The maximum Gasteiger partial charge on any atom is 0.229 e. The predicted octanol–water partition coefficient (Wildman–Crippen LogP) is 6.55. The average Bonchev–Trinajstić information content (AvgIpc) is 3.19. The molecule has 7 heteroatoms. The molecule has 0 bridgehead atoms. The minimum atomic E-state index is -0.240. The molecule has 0 fully saturated rings. The van der Waals surface area contributed by atoms with Gasteiger partial charge in [0.15, 0.2) is 5.13 Å². The molecule has 0 aliphatic rings. The molecular weight excluding hydrogens is 441 g/mol. The van der Waals surface area contributed by atoms with Gasteiger partial charge in [0.2, 0.25) is 5.91 Å². The summed E-state index contributed by atoms with van der Waals surface area (Å²) in [6, 6.07) is 16.4. The third kappa shape index (κ3) is 5.53. The quantitative estimate of drug-likeness (QED) is 0.219. The fraction of sp³-hybridized carbons (Fsp3) is 0.240. The molecular formula is C25H24FN3OS2. The number of benzene rings is 2. The summed E-state index contributed by atoms with van der Waals surface area (Å²) in [5.74, 6) is 0.575. The van der Waals surface area contributed by atoms with E-state index in [0.717, 1.165) is 33.0 Å². The van der Waals surface area contributed by atoms with Crippen molar-refractivity contribution in [3.8, 4) is 0 Å². The van der Waals surface area contributed by atoms with Crippen LogP contribution in [0.25, 0.3) is 10.2 Å². The Hall–Kier alpha value is -2.77. The topological polar surface area (TPSA) is 46.1 Å². The number of nitrogens with zero attached hydrogens (tertiary/aromatic N) is 3. The lowest BCUT2D eigenvalue weighted by Gasteiger charge is -2.19. The molecule has 0 atom stereocenters. The predicted molar refractivity (Wildman–Crippen MR) is 131 cm³/mol. The molecule has 2 aromatic heterocycles. The molecule has 32 heavy (non-hydrogen) atoms. The standard InChI is InChI=1S/C25H24FN3OS2/c1-17-14-22-23(15-18(17)2)32-25(28-22)29(16-20-6-3-4-12-27-20)24(30)7-5-13-31-21-10-8-19(26)9-11-21/h3-4,6,8-12,14-15H,5,7,13,16H2,1-2H3. The number of hydrogen-bond acceptors (Lipinski definition) is 5. The van der Waals surface area contributed by atoms with Crippen LogP contribution in [0.15, 0.2) is 65.7 Å². The molecule has 4 rings (SSSR count). The minimum Gasteiger partial charge on any atom is -0.282 e. The monoisotopic (exact) mass is 465 g/mol. The minimum absolute atomic E-state index is 0.0304. The van der Waals surface area contributed by atoms with Crippen molar-refractivity contribution in [2.45, 2.75) is 38.1 Å². The van der Waals surface area contributed by atoms with Crippen molar-refractivity contribution in [3.63, 3.8) is 0 Å². The van der Waals surface area contributed by atoms with Gasteiger partial charge in [-0.05, 0) is 85.7 Å². The van der Waals surface area contributed by atoms with Gasteiger partial charge in [-0.25, -0.2) is 9.37 Å². The Morgan fingerprint density at radius 2 is 1.88 bits per heavy atom. The highest BCUT2D eigenvalue weighted by Crippen LogP contribution is 2.32. The number of halogens is 1. The van der Waals surface area contributed by atoms with Crippen molar-refractivity contribution in [3.05, 3.63) is 83.4 Å². The van der Waals surface area contributed by atoms with Crippen LogP contribution < -0.4 is 4.90 Å². The average molecular weight is 466 g/mol. The van der Waals surface area contributed by atoms with Gasteiger partial charge < -0.3 is 0 Å². The molecule has 0 saturated carbocycles. The summed E-state index contributed by atoms with van der Waals surface area (Å²) in [6.07, 6.45) is 2.88. The number of amides is 1. The van der Waals surface area contributed by atoms with Crippen molar-refractivity contribution < 1.29 is 9.18 Å². The summed E-state index contributed by atoms with van der Waals surface area (Å²) in [5.41, 5.74) is 4.15. The second-order valence-corrected chi connectivity index (χ2v) is 9.78. The largest absolute Gasteiger partial charge is 0.282 e. The van der Waals surface area contributed by atoms with Crippen LogP contribution in [-0.4, -0.2) is 21.6 Å². The first-order valence-electron chi connectivity index (χ1n) is 10.5. The molecule has 4 aromatic rings. The molecule has 0 saturated heterocycles. The summed E-state index contributed by atoms with van der Waals surface area (Å²) >= 11 is 3.17. The Bertz CT molecular complexity index is 1170. The maximum atomic E-state index is 13.2. The highest BCUT2D eigenvalue weighted by atomic mass is 32.2. The molecule has 2 aromatic carbocycles. The van der Waals surface area contributed by atoms with E-state index < -0.39 is 0 Å². The van der Waals surface area contributed by atoms with E-state index in [1.54, 1.807) is 35.0 Å². The fourth-order valence-electron chi connectivity index (χ4n) is 3.28. The second-order valence-electron chi connectivity index (χ2n) is 7.61. The van der Waals surface area contributed by atoms with Crippen molar-refractivity contribution in [2.75, 3.05) is 10.7 Å². The molecule has 4 nitrogen and oxygen atoms in total. The zero-order valence-corrected chi connectivity index (χ0v) is 19.7. The van der Waals surface area contributed by atoms with Crippen molar-refractivity contribution in [2.24, 2.45) is 0 Å². The zero-order valence-electron chi connectivity index (χ0n) is 18.0. The van der Waals surface area contributed by atoms with Crippen LogP contribution in [-0.2, 0) is 11.3 Å². The number of fused-ring (bicyclic) bond motifs is 1. The van der Waals surface area contributed by atoms with Gasteiger partial charge in [-0.1, -0.05) is 17.4 Å². The van der Waals surface area contributed by atoms with Crippen LogP contribution in [0.1, 0.15) is 29.7 Å². The normalized spacial score (nSPS) is 11.1. The van der Waals surface area contributed by atoms with Gasteiger partial charge in [-0.3, -0.25) is 14.7 Å². The smallest absolute Gasteiger partial charge is 0.229 e. The van der Waals surface area contributed by atoms with Crippen LogP contribution in [0.4, 0.5) is 9.52 Å². The summed E-state index contributed by atoms with van der Waals surface area (Å²) in [7, 11) is 0. The van der Waals surface area contributed by atoms with Gasteiger partial charge in [0, 0.05) is 17.5 Å². The Labute approximate surface area is 195 Å². The van der Waals surface area contributed by atoms with Gasteiger partial charge >= 0.3 is 0 Å². The number of aryl methyl sites for hydroxylation is 2. The van der Waals surface area contributed by atoms with Crippen molar-refractivity contribution in [1.82, 2.24) is 9.97 Å². The maximum absolute atomic E-state index is 13.2. The second kappa shape index (κ2) is 10.2. The summed E-state index contributed by atoms with van der Waals surface area (Å²) in [5, 5.41) is 0.701. The molecule has 0 aliphatic carbocycles. The van der Waals surface area contributed by atoms with E-state index in [-0.39, 0.29) is 11.7 Å². The summed E-state index contributed by atoms with van der Waals surface area (Å²) in [4.78, 5) is 25.1. The first kappa shape index (κ1) is 22.4. The number of rotatable bonds is 8. The summed E-state index contributed by atoms with van der Waals surface area (Å²) < 4.78 is 14.1. The van der Waals surface area contributed by atoms with Gasteiger partial charge in [0.1, 0.15) is 5.82 Å². The lowest BCUT2D eigenvalue weighted by Crippen LogP contribution is -2.30. The third-order valence-corrected chi connectivity index (χ3v) is 7.33. The van der Waals surface area contributed by atoms with Crippen LogP contribution in [0, 0.1) is 19.7 Å². The molecule has 0 radical (unpaired) electrons. The number of aromatic nitrogens is 2. The van der Waals surface area contributed by atoms with E-state index in [1.165, 1.54) is 34.6 Å². The van der Waals surface area contributed by atoms with Gasteiger partial charge in [-0.15, -0.1) is 11.8 Å². The molecule has 0 spiro atoms. The number of carbonyl (C=O) groups is 1. The van der Waals surface area contributed by atoms with Crippen LogP contribution in [0.5, 0.6) is 0 Å². The number of anilines is 1. The Kier molecular flexibility index (Phi) is 7.17. The number of thiazole rings is 1. The fourth-order valence-corrected chi connectivity index (χ4v) is 5.19. The van der Waals surface area contributed by atoms with E-state index in [9.17, 15) is 9.18 Å². The zero-order chi connectivity index (χ0) is 22.5. The van der Waals surface area contributed by atoms with Crippen LogP contribution in [0.3, 0.4) is 0 Å². The van der Waals surface area contributed by atoms with Gasteiger partial charge in [0.25, 0.3) is 0 Å². The van der Waals surface area contributed by atoms with E-state index >= 15 is 0 Å². The number of thioether (sulfide) groups is 1. The highest BCUT2D eigenvalue weighted by Gasteiger charge is 2.20. The Balaban J connectivity index is 1.48. The Morgan fingerprint density at radius 1 is 1.09 bits per heavy atom. The van der Waals surface area contributed by atoms with Gasteiger partial charge in [-0.2, -0.15) is 0 Å². The summed E-state index contributed by atoms with van der Waals surface area (Å²) in [6.45, 7) is 4.55. The first-order chi connectivity index (χ1) is 15.5. The highest BCUT2D eigenvalue weighted by molar-refractivity contribution is 7.99. The lowest BCUT2D eigenvalue weighted by atomic mass is 10.1. The molecule has 2 heterocycles. The van der Waals surface area contributed by atoms with Crippen LogP contribution >= 0.6 is 23.1 Å².